The van der Waals surface area contributed by atoms with Crippen LogP contribution >= 0.6 is 0 Å². The van der Waals surface area contributed by atoms with Crippen LogP contribution in [0, 0.1) is 23.4 Å². The fourth-order valence-electron chi connectivity index (χ4n) is 3.49. The molecule has 33 heavy (non-hydrogen) atoms. The van der Waals surface area contributed by atoms with Crippen LogP contribution in [-0.4, -0.2) is 39.5 Å². The van der Waals surface area contributed by atoms with E-state index in [1.807, 2.05) is 13.8 Å². The van der Waals surface area contributed by atoms with Crippen molar-refractivity contribution in [2.24, 2.45) is 5.92 Å². The summed E-state index contributed by atoms with van der Waals surface area (Å²) >= 11 is 0. The second kappa shape index (κ2) is 9.49. The summed E-state index contributed by atoms with van der Waals surface area (Å²) in [6, 6.07) is 1.91. The van der Waals surface area contributed by atoms with Gasteiger partial charge in [0.25, 0.3) is 0 Å². The smallest absolute Gasteiger partial charge is 0.341 e. The Labute approximate surface area is 186 Å². The number of carbonyl (C=O) groups is 1. The molecular weight excluding hydrogens is 443 g/mol. The average Bonchev–Trinajstić information content (AvgIpc) is 2.76. The lowest BCUT2D eigenvalue weighted by Crippen LogP contribution is -2.26. The third kappa shape index (κ3) is 4.63. The van der Waals surface area contributed by atoms with Crippen molar-refractivity contribution in [1.82, 2.24) is 9.55 Å². The topological polar surface area (TPSA) is 114 Å². The Morgan fingerprint density at radius 2 is 1.94 bits per heavy atom. The zero-order valence-electron chi connectivity index (χ0n) is 18.0. The summed E-state index contributed by atoms with van der Waals surface area (Å²) in [5, 5.41) is 22.0. The van der Waals surface area contributed by atoms with Crippen LogP contribution in [0.2, 0.25) is 0 Å². The molecular formula is C22H22F3N3O5. The zero-order valence-corrected chi connectivity index (χ0v) is 18.0. The molecule has 0 saturated carbocycles. The van der Waals surface area contributed by atoms with Crippen LogP contribution in [0.4, 0.5) is 18.9 Å². The first-order valence-corrected chi connectivity index (χ1v) is 9.94. The number of aliphatic hydroxyl groups excluding tert-OH is 1. The Kier molecular flexibility index (Phi) is 6.92. The Balaban J connectivity index is 2.19. The van der Waals surface area contributed by atoms with E-state index in [1.54, 1.807) is 0 Å². The van der Waals surface area contributed by atoms with E-state index >= 15 is 0 Å². The summed E-state index contributed by atoms with van der Waals surface area (Å²) in [6.45, 7) is 2.90. The van der Waals surface area contributed by atoms with E-state index in [0.29, 0.717) is 6.07 Å². The number of anilines is 1. The predicted octanol–water partition coefficient (Wildman–Crippen LogP) is 3.32. The van der Waals surface area contributed by atoms with Crippen LogP contribution in [-0.2, 0) is 6.54 Å². The van der Waals surface area contributed by atoms with E-state index < -0.39 is 40.5 Å². The number of halogens is 3. The minimum Gasteiger partial charge on any atom is -0.479 e. The zero-order chi connectivity index (χ0) is 24.4. The maximum Gasteiger partial charge on any atom is 0.341 e. The van der Waals surface area contributed by atoms with Gasteiger partial charge in [0.2, 0.25) is 11.3 Å². The standard InChI is InChI=1S/C22H22F3N3O5/c1-10(2)17(9-29)28-8-14(22(31)32)19(30)13-6-16(21(33-3)27-20(13)28)26-7-11-4-12(23)5-15(24)18(11)25/h4-6,8,10,17,26,29H,7,9H2,1-3H3,(H,31,32)/t17-/m1/s1. The first-order chi connectivity index (χ1) is 15.6. The van der Waals surface area contributed by atoms with Crippen LogP contribution in [0.15, 0.2) is 29.2 Å². The number of methoxy groups -OCH3 is 1. The lowest BCUT2D eigenvalue weighted by molar-refractivity contribution is 0.0694. The van der Waals surface area contributed by atoms with Crippen LogP contribution < -0.4 is 15.5 Å². The van der Waals surface area contributed by atoms with Crippen molar-refractivity contribution in [3.05, 3.63) is 63.2 Å². The van der Waals surface area contributed by atoms with Gasteiger partial charge < -0.3 is 24.8 Å². The van der Waals surface area contributed by atoms with Gasteiger partial charge in [0, 0.05) is 24.4 Å². The molecule has 0 spiro atoms. The van der Waals surface area contributed by atoms with E-state index in [0.717, 1.165) is 12.3 Å². The SMILES string of the molecule is COc1nc2c(cc1NCc1cc(F)cc(F)c1F)c(=O)c(C(=O)O)cn2[C@H](CO)C(C)C. The van der Waals surface area contributed by atoms with Gasteiger partial charge in [0.05, 0.1) is 30.8 Å². The summed E-state index contributed by atoms with van der Waals surface area (Å²) in [5.74, 6) is -5.19. The maximum absolute atomic E-state index is 14.0. The first kappa shape index (κ1) is 24.1. The van der Waals surface area contributed by atoms with Crippen molar-refractivity contribution in [2.45, 2.75) is 26.4 Å². The number of carboxylic acid groups (broad SMARTS) is 1. The van der Waals surface area contributed by atoms with Crippen LogP contribution in [0.25, 0.3) is 11.0 Å². The summed E-state index contributed by atoms with van der Waals surface area (Å²) in [7, 11) is 1.29. The molecule has 3 aromatic rings. The molecule has 0 unspecified atom stereocenters. The number of hydrogen-bond donors (Lipinski definition) is 3. The largest absolute Gasteiger partial charge is 0.479 e. The molecule has 0 amide bonds. The molecule has 1 atom stereocenters. The number of rotatable bonds is 8. The molecule has 0 bridgehead atoms. The first-order valence-electron chi connectivity index (χ1n) is 9.94. The van der Waals surface area contributed by atoms with E-state index in [9.17, 15) is 33.0 Å². The number of pyridine rings is 2. The van der Waals surface area contributed by atoms with Gasteiger partial charge in [0.15, 0.2) is 11.6 Å². The van der Waals surface area contributed by atoms with Crippen molar-refractivity contribution >= 4 is 22.7 Å². The van der Waals surface area contributed by atoms with Gasteiger partial charge in [-0.3, -0.25) is 4.79 Å². The van der Waals surface area contributed by atoms with Gasteiger partial charge in [-0.2, -0.15) is 4.98 Å². The van der Waals surface area contributed by atoms with Crippen molar-refractivity contribution in [2.75, 3.05) is 19.0 Å². The van der Waals surface area contributed by atoms with Crippen molar-refractivity contribution in [3.8, 4) is 5.88 Å². The highest BCUT2D eigenvalue weighted by atomic mass is 19.2. The predicted molar refractivity (Wildman–Crippen MR) is 114 cm³/mol. The molecule has 0 aliphatic carbocycles. The third-order valence-corrected chi connectivity index (χ3v) is 5.24. The van der Waals surface area contributed by atoms with Crippen molar-refractivity contribution < 1.29 is 32.9 Å². The fourth-order valence-corrected chi connectivity index (χ4v) is 3.49. The summed E-state index contributed by atoms with van der Waals surface area (Å²) in [6.07, 6.45) is 1.12. The van der Waals surface area contributed by atoms with E-state index in [1.165, 1.54) is 17.7 Å². The monoisotopic (exact) mass is 465 g/mol. The minimum atomic E-state index is -1.46. The summed E-state index contributed by atoms with van der Waals surface area (Å²) < 4.78 is 47.7. The molecule has 0 radical (unpaired) electrons. The number of hydrogen-bond acceptors (Lipinski definition) is 6. The number of nitrogens with zero attached hydrogens (tertiary/aromatic N) is 2. The van der Waals surface area contributed by atoms with Crippen LogP contribution in [0.5, 0.6) is 5.88 Å². The molecule has 11 heteroatoms. The van der Waals surface area contributed by atoms with Gasteiger partial charge in [-0.15, -0.1) is 0 Å². The number of nitrogens with one attached hydrogen (secondary N) is 1. The highest BCUT2D eigenvalue weighted by Crippen LogP contribution is 2.29. The number of aromatic nitrogens is 2. The third-order valence-electron chi connectivity index (χ3n) is 5.24. The molecule has 1 aromatic carbocycles. The second-order valence-corrected chi connectivity index (χ2v) is 7.71. The lowest BCUT2D eigenvalue weighted by atomic mass is 10.0. The van der Waals surface area contributed by atoms with E-state index in [-0.39, 0.29) is 47.2 Å². The lowest BCUT2D eigenvalue weighted by Gasteiger charge is -2.24. The Morgan fingerprint density at radius 3 is 2.52 bits per heavy atom. The average molecular weight is 465 g/mol. The van der Waals surface area contributed by atoms with Gasteiger partial charge >= 0.3 is 5.97 Å². The van der Waals surface area contributed by atoms with Gasteiger partial charge in [-0.05, 0) is 18.1 Å². The van der Waals surface area contributed by atoms with E-state index in [2.05, 4.69) is 10.3 Å². The van der Waals surface area contributed by atoms with Gasteiger partial charge in [0.1, 0.15) is 17.0 Å². The maximum atomic E-state index is 14.0. The molecule has 2 aromatic heterocycles. The quantitative estimate of drug-likeness (QED) is 0.438. The molecule has 0 saturated heterocycles. The molecule has 2 heterocycles. The molecule has 8 nitrogen and oxygen atoms in total. The summed E-state index contributed by atoms with van der Waals surface area (Å²) in [4.78, 5) is 28.8. The number of ether oxygens (including phenoxy) is 1. The highest BCUT2D eigenvalue weighted by molar-refractivity contribution is 5.93. The Morgan fingerprint density at radius 1 is 1.24 bits per heavy atom. The normalized spacial score (nSPS) is 12.2. The van der Waals surface area contributed by atoms with Crippen LogP contribution in [0.1, 0.15) is 35.8 Å². The minimum absolute atomic E-state index is 0.0311. The molecule has 176 valence electrons. The molecule has 3 rings (SSSR count). The molecule has 0 aliphatic heterocycles. The molecule has 3 N–H and O–H groups in total. The van der Waals surface area contributed by atoms with Gasteiger partial charge in [-0.1, -0.05) is 13.8 Å². The van der Waals surface area contributed by atoms with E-state index in [4.69, 9.17) is 4.74 Å². The number of aromatic carboxylic acids is 1. The number of carboxylic acids is 1. The Hall–Kier alpha value is -3.60. The fraction of sp³-hybridized carbons (Fsp3) is 0.318. The highest BCUT2D eigenvalue weighted by Gasteiger charge is 2.24. The second-order valence-electron chi connectivity index (χ2n) is 7.71. The summed E-state index contributed by atoms with van der Waals surface area (Å²) in [5.41, 5.74) is -1.52. The number of benzene rings is 1. The van der Waals surface area contributed by atoms with Crippen molar-refractivity contribution in [3.63, 3.8) is 0 Å². The number of fused-ring (bicyclic) bond motifs is 1. The number of aliphatic hydroxyl groups is 1. The van der Waals surface area contributed by atoms with Gasteiger partial charge in [-0.25, -0.2) is 18.0 Å². The molecule has 0 fully saturated rings. The van der Waals surface area contributed by atoms with Crippen molar-refractivity contribution in [1.29, 1.82) is 0 Å². The van der Waals surface area contributed by atoms with Crippen LogP contribution in [0.3, 0.4) is 0 Å². The molecule has 0 aliphatic rings. The Bertz CT molecular complexity index is 1280.